The molecular weight excluding hydrogens is 266 g/mol. The average Bonchev–Trinajstić information content (AvgIpc) is 2.87. The Morgan fingerprint density at radius 3 is 2.80 bits per heavy atom. The van der Waals surface area contributed by atoms with Gasteiger partial charge in [-0.1, -0.05) is 27.7 Å². The number of piperidine rings is 1. The van der Waals surface area contributed by atoms with Crippen molar-refractivity contribution < 1.29 is 0 Å². The van der Waals surface area contributed by atoms with Crippen LogP contribution < -0.4 is 5.32 Å². The van der Waals surface area contributed by atoms with Gasteiger partial charge in [0.2, 0.25) is 0 Å². The van der Waals surface area contributed by atoms with Crippen LogP contribution in [0.3, 0.4) is 0 Å². The number of nitrogens with one attached hydrogen (secondary N) is 1. The van der Waals surface area contributed by atoms with E-state index in [9.17, 15) is 0 Å². The van der Waals surface area contributed by atoms with Gasteiger partial charge in [-0.05, 0) is 38.4 Å². The van der Waals surface area contributed by atoms with Crippen LogP contribution in [0, 0.1) is 5.92 Å². The highest BCUT2D eigenvalue weighted by atomic mass is 32.1. The lowest BCUT2D eigenvalue weighted by molar-refractivity contribution is 0.208. The van der Waals surface area contributed by atoms with Crippen LogP contribution in [-0.4, -0.2) is 36.1 Å². The smallest absolute Gasteiger partial charge is 0.0982 e. The third kappa shape index (κ3) is 4.54. The summed E-state index contributed by atoms with van der Waals surface area (Å²) in [5, 5.41) is 7.00. The number of hydrogen-bond donors (Lipinski definition) is 1. The van der Waals surface area contributed by atoms with Gasteiger partial charge in [-0.15, -0.1) is 11.3 Å². The van der Waals surface area contributed by atoms with Crippen molar-refractivity contribution in [2.75, 3.05) is 26.2 Å². The number of thiazole rings is 1. The van der Waals surface area contributed by atoms with E-state index >= 15 is 0 Å². The normalized spacial score (nSPS) is 20.6. The summed E-state index contributed by atoms with van der Waals surface area (Å²) >= 11 is 1.80. The van der Waals surface area contributed by atoms with E-state index in [1.807, 2.05) is 0 Å². The van der Waals surface area contributed by atoms with E-state index < -0.39 is 0 Å². The second-order valence-electron chi connectivity index (χ2n) is 6.93. The number of rotatable bonds is 5. The standard InChI is InChI=1S/C16H29N3S/c1-5-19(10-13-7-6-8-17-9-13)11-14-12-20-15(18-14)16(2,3)4/h12-13,17H,5-11H2,1-4H3. The van der Waals surface area contributed by atoms with Crippen LogP contribution in [0.25, 0.3) is 0 Å². The van der Waals surface area contributed by atoms with Gasteiger partial charge in [-0.3, -0.25) is 4.90 Å². The summed E-state index contributed by atoms with van der Waals surface area (Å²) in [6.45, 7) is 14.7. The van der Waals surface area contributed by atoms with Crippen molar-refractivity contribution in [2.24, 2.45) is 5.92 Å². The highest BCUT2D eigenvalue weighted by molar-refractivity contribution is 7.09. The minimum Gasteiger partial charge on any atom is -0.316 e. The zero-order valence-electron chi connectivity index (χ0n) is 13.4. The molecular formula is C16H29N3S. The van der Waals surface area contributed by atoms with E-state index in [1.165, 1.54) is 43.2 Å². The molecule has 0 bridgehead atoms. The van der Waals surface area contributed by atoms with Crippen molar-refractivity contribution in [1.29, 1.82) is 0 Å². The lowest BCUT2D eigenvalue weighted by Crippen LogP contribution is -2.38. The topological polar surface area (TPSA) is 28.2 Å². The van der Waals surface area contributed by atoms with Crippen LogP contribution in [0.5, 0.6) is 0 Å². The first kappa shape index (κ1) is 15.9. The second-order valence-corrected chi connectivity index (χ2v) is 7.79. The van der Waals surface area contributed by atoms with Gasteiger partial charge in [0.25, 0.3) is 0 Å². The van der Waals surface area contributed by atoms with Gasteiger partial charge < -0.3 is 5.32 Å². The predicted octanol–water partition coefficient (Wildman–Crippen LogP) is 3.26. The van der Waals surface area contributed by atoms with Gasteiger partial charge in [0, 0.05) is 23.9 Å². The number of aromatic nitrogens is 1. The molecule has 0 radical (unpaired) electrons. The molecule has 4 heteroatoms. The quantitative estimate of drug-likeness (QED) is 0.903. The Bertz CT molecular complexity index is 402. The van der Waals surface area contributed by atoms with Crippen LogP contribution in [0.2, 0.25) is 0 Å². The van der Waals surface area contributed by atoms with Crippen LogP contribution >= 0.6 is 11.3 Å². The molecule has 1 fully saturated rings. The number of nitrogens with zero attached hydrogens (tertiary/aromatic N) is 2. The van der Waals surface area contributed by atoms with Crippen LogP contribution in [0.4, 0.5) is 0 Å². The molecule has 1 atom stereocenters. The van der Waals surface area contributed by atoms with Gasteiger partial charge >= 0.3 is 0 Å². The predicted molar refractivity (Wildman–Crippen MR) is 87.4 cm³/mol. The fraction of sp³-hybridized carbons (Fsp3) is 0.812. The summed E-state index contributed by atoms with van der Waals surface area (Å²) < 4.78 is 0. The van der Waals surface area contributed by atoms with E-state index in [2.05, 4.69) is 43.3 Å². The van der Waals surface area contributed by atoms with E-state index in [4.69, 9.17) is 4.98 Å². The molecule has 114 valence electrons. The Morgan fingerprint density at radius 1 is 1.45 bits per heavy atom. The molecule has 0 amide bonds. The molecule has 2 heterocycles. The van der Waals surface area contributed by atoms with E-state index in [1.54, 1.807) is 11.3 Å². The Morgan fingerprint density at radius 2 is 2.25 bits per heavy atom. The maximum atomic E-state index is 4.82. The third-order valence-corrected chi connectivity index (χ3v) is 5.26. The summed E-state index contributed by atoms with van der Waals surface area (Å²) in [6.07, 6.45) is 2.70. The SMILES string of the molecule is CCN(Cc1csc(C(C)(C)C)n1)CC1CCCNC1. The summed E-state index contributed by atoms with van der Waals surface area (Å²) in [6, 6.07) is 0. The molecule has 1 aliphatic rings. The molecule has 20 heavy (non-hydrogen) atoms. The number of hydrogen-bond acceptors (Lipinski definition) is 4. The van der Waals surface area contributed by atoms with Gasteiger partial charge in [0.15, 0.2) is 0 Å². The molecule has 1 aliphatic heterocycles. The fourth-order valence-corrected chi connectivity index (χ4v) is 3.60. The van der Waals surface area contributed by atoms with Gasteiger partial charge in [-0.2, -0.15) is 0 Å². The van der Waals surface area contributed by atoms with Crippen molar-refractivity contribution >= 4 is 11.3 Å². The maximum Gasteiger partial charge on any atom is 0.0982 e. The molecule has 0 saturated carbocycles. The van der Waals surface area contributed by atoms with Crippen LogP contribution in [0.1, 0.15) is 51.2 Å². The monoisotopic (exact) mass is 295 g/mol. The minimum absolute atomic E-state index is 0.174. The first-order valence-electron chi connectivity index (χ1n) is 7.87. The summed E-state index contributed by atoms with van der Waals surface area (Å²) in [7, 11) is 0. The van der Waals surface area contributed by atoms with Crippen LogP contribution in [-0.2, 0) is 12.0 Å². The highest BCUT2D eigenvalue weighted by Gasteiger charge is 2.20. The largest absolute Gasteiger partial charge is 0.316 e. The Balaban J connectivity index is 1.90. The van der Waals surface area contributed by atoms with Crippen molar-refractivity contribution in [3.8, 4) is 0 Å². The zero-order valence-corrected chi connectivity index (χ0v) is 14.2. The Kier molecular flexibility index (Phi) is 5.58. The molecule has 0 aliphatic carbocycles. The van der Waals surface area contributed by atoms with E-state index in [0.717, 1.165) is 19.0 Å². The molecule has 1 saturated heterocycles. The van der Waals surface area contributed by atoms with Gasteiger partial charge in [0.05, 0.1) is 10.7 Å². The zero-order chi connectivity index (χ0) is 14.6. The molecule has 1 unspecified atom stereocenters. The average molecular weight is 295 g/mol. The molecule has 1 aromatic heterocycles. The van der Waals surface area contributed by atoms with Crippen molar-refractivity contribution in [1.82, 2.24) is 15.2 Å². The lowest BCUT2D eigenvalue weighted by atomic mass is 9.98. The Labute approximate surface area is 127 Å². The molecule has 0 spiro atoms. The molecule has 1 N–H and O–H groups in total. The molecule has 3 nitrogen and oxygen atoms in total. The molecule has 2 rings (SSSR count). The maximum absolute atomic E-state index is 4.82. The Hall–Kier alpha value is -0.450. The third-order valence-electron chi connectivity index (χ3n) is 3.94. The lowest BCUT2D eigenvalue weighted by Gasteiger charge is -2.29. The molecule has 0 aromatic carbocycles. The first-order valence-corrected chi connectivity index (χ1v) is 8.75. The summed E-state index contributed by atoms with van der Waals surface area (Å²) in [4.78, 5) is 7.36. The van der Waals surface area contributed by atoms with Crippen LogP contribution in [0.15, 0.2) is 5.38 Å². The summed E-state index contributed by atoms with van der Waals surface area (Å²) in [5.41, 5.74) is 1.42. The van der Waals surface area contributed by atoms with Crippen molar-refractivity contribution in [3.63, 3.8) is 0 Å². The second kappa shape index (κ2) is 7.01. The molecule has 1 aromatic rings. The van der Waals surface area contributed by atoms with Gasteiger partial charge in [-0.25, -0.2) is 4.98 Å². The van der Waals surface area contributed by atoms with Gasteiger partial charge in [0.1, 0.15) is 0 Å². The van der Waals surface area contributed by atoms with Crippen molar-refractivity contribution in [2.45, 2.75) is 52.5 Å². The first-order chi connectivity index (χ1) is 9.49. The fourth-order valence-electron chi connectivity index (χ4n) is 2.70. The highest BCUT2D eigenvalue weighted by Crippen LogP contribution is 2.26. The van der Waals surface area contributed by atoms with Crippen molar-refractivity contribution in [3.05, 3.63) is 16.1 Å². The minimum atomic E-state index is 0.174. The summed E-state index contributed by atoms with van der Waals surface area (Å²) in [5.74, 6) is 0.810. The van der Waals surface area contributed by atoms with E-state index in [0.29, 0.717) is 0 Å². The van der Waals surface area contributed by atoms with E-state index in [-0.39, 0.29) is 5.41 Å².